The molecule has 0 aliphatic rings. The number of carbonyl (C=O) groups is 1. The summed E-state index contributed by atoms with van der Waals surface area (Å²) in [4.78, 5) is 30.7. The molecule has 0 unspecified atom stereocenters. The summed E-state index contributed by atoms with van der Waals surface area (Å²) in [5, 5.41) is 0. The molecular formula is C10H13N5O2. The van der Waals surface area contributed by atoms with Crippen LogP contribution in [0.25, 0.3) is 0 Å². The summed E-state index contributed by atoms with van der Waals surface area (Å²) in [5.41, 5.74) is 1.96. The summed E-state index contributed by atoms with van der Waals surface area (Å²) in [6.07, 6.45) is 4.17. The highest BCUT2D eigenvalue weighted by Gasteiger charge is 2.08. The Labute approximate surface area is 97.7 Å². The van der Waals surface area contributed by atoms with Gasteiger partial charge in [0.15, 0.2) is 5.82 Å². The Morgan fingerprint density at radius 1 is 1.76 bits per heavy atom. The Morgan fingerprint density at radius 3 is 3.06 bits per heavy atom. The fraction of sp³-hybridized carbons (Fsp3) is 0.200. The van der Waals surface area contributed by atoms with Crippen LogP contribution < -0.4 is 16.8 Å². The lowest BCUT2D eigenvalue weighted by molar-refractivity contribution is -0.121. The number of allylic oxidation sites excluding steroid dienone is 1. The highest BCUT2D eigenvalue weighted by Crippen LogP contribution is 2.08. The molecule has 1 heterocycles. The lowest BCUT2D eigenvalue weighted by Crippen LogP contribution is -2.36. The molecule has 0 aliphatic heterocycles. The van der Waals surface area contributed by atoms with Gasteiger partial charge in [-0.15, -0.1) is 0 Å². The lowest BCUT2D eigenvalue weighted by Gasteiger charge is -2.05. The molecular weight excluding hydrogens is 222 g/mol. The van der Waals surface area contributed by atoms with E-state index in [2.05, 4.69) is 16.6 Å². The predicted molar refractivity (Wildman–Crippen MR) is 63.9 cm³/mol. The number of hydrogen-bond donors (Lipinski definition) is 2. The molecule has 0 saturated carbocycles. The smallest absolute Gasteiger partial charge is 0.258 e. The number of nitrogens with zero attached hydrogens (tertiary/aromatic N) is 3. The van der Waals surface area contributed by atoms with E-state index in [-0.39, 0.29) is 12.1 Å². The molecule has 1 rings (SSSR count). The van der Waals surface area contributed by atoms with Crippen LogP contribution in [0.1, 0.15) is 5.56 Å². The van der Waals surface area contributed by atoms with E-state index in [1.807, 2.05) is 5.43 Å². The fourth-order valence-electron chi connectivity index (χ4n) is 1.15. The molecule has 0 bridgehead atoms. The van der Waals surface area contributed by atoms with E-state index in [0.29, 0.717) is 11.4 Å². The molecule has 0 radical (unpaired) electrons. The van der Waals surface area contributed by atoms with E-state index < -0.39 is 5.91 Å². The average Bonchev–Trinajstić information content (AvgIpc) is 2.34. The van der Waals surface area contributed by atoms with Gasteiger partial charge in [0.25, 0.3) is 11.5 Å². The van der Waals surface area contributed by atoms with Gasteiger partial charge >= 0.3 is 0 Å². The second-order valence-corrected chi connectivity index (χ2v) is 3.21. The monoisotopic (exact) mass is 235 g/mol. The summed E-state index contributed by atoms with van der Waals surface area (Å²) in [6, 6.07) is 0. The van der Waals surface area contributed by atoms with Crippen molar-refractivity contribution in [2.24, 2.45) is 10.8 Å². The number of hydrazine groups is 1. The van der Waals surface area contributed by atoms with Crippen LogP contribution in [0.5, 0.6) is 0 Å². The van der Waals surface area contributed by atoms with Crippen molar-refractivity contribution in [3.05, 3.63) is 34.9 Å². The van der Waals surface area contributed by atoms with Crippen molar-refractivity contribution in [3.8, 4) is 0 Å². The first-order valence-electron chi connectivity index (χ1n) is 4.80. The molecule has 0 atom stereocenters. The summed E-state index contributed by atoms with van der Waals surface area (Å²) in [7, 11) is 0. The van der Waals surface area contributed by atoms with E-state index in [0.717, 1.165) is 4.57 Å². The maximum atomic E-state index is 11.8. The molecule has 1 aromatic rings. The highest BCUT2D eigenvalue weighted by atomic mass is 16.2. The van der Waals surface area contributed by atoms with E-state index in [4.69, 9.17) is 5.84 Å². The van der Waals surface area contributed by atoms with Crippen LogP contribution in [-0.2, 0) is 11.3 Å². The Balaban J connectivity index is 3.10. The normalized spacial score (nSPS) is 10.5. The van der Waals surface area contributed by atoms with Crippen LogP contribution in [0.15, 0.2) is 28.8 Å². The van der Waals surface area contributed by atoms with Crippen LogP contribution in [-0.4, -0.2) is 21.7 Å². The lowest BCUT2D eigenvalue weighted by atomic mass is 10.3. The minimum atomic E-state index is -0.476. The zero-order valence-corrected chi connectivity index (χ0v) is 9.38. The number of aromatic nitrogens is 2. The summed E-state index contributed by atoms with van der Waals surface area (Å²) in [5.74, 6) is 4.76. The van der Waals surface area contributed by atoms with Crippen LogP contribution in [0, 0.1) is 6.92 Å². The first-order valence-corrected chi connectivity index (χ1v) is 4.80. The summed E-state index contributed by atoms with van der Waals surface area (Å²) in [6.45, 7) is 4.88. The molecule has 1 amide bonds. The number of aliphatic imine (C=N–C) groups is 1. The molecule has 0 aliphatic carbocycles. The van der Waals surface area contributed by atoms with Crippen LogP contribution >= 0.6 is 0 Å². The van der Waals surface area contributed by atoms with Gasteiger partial charge in [0.1, 0.15) is 12.9 Å². The van der Waals surface area contributed by atoms with Crippen molar-refractivity contribution in [3.63, 3.8) is 0 Å². The molecule has 0 spiro atoms. The van der Waals surface area contributed by atoms with Crippen molar-refractivity contribution in [1.29, 1.82) is 0 Å². The second kappa shape index (κ2) is 5.71. The predicted octanol–water partition coefficient (Wildman–Crippen LogP) is -0.570. The van der Waals surface area contributed by atoms with Gasteiger partial charge in [-0.2, -0.15) is 0 Å². The standard InChI is InChI=1S/C10H13N5O2/c1-3-4-12-9-7(2)10(17)15(6-13-9)5-8(16)14-11/h3-4,6H,1,5,11H2,2H3,(H,14,16). The minimum absolute atomic E-state index is 0.172. The third-order valence-corrected chi connectivity index (χ3v) is 2.01. The van der Waals surface area contributed by atoms with E-state index >= 15 is 0 Å². The van der Waals surface area contributed by atoms with Crippen molar-refractivity contribution in [2.75, 3.05) is 0 Å². The SMILES string of the molecule is C=CC=Nc1ncn(CC(=O)NN)c(=O)c1C. The minimum Gasteiger partial charge on any atom is -0.293 e. The van der Waals surface area contributed by atoms with Gasteiger partial charge in [-0.3, -0.25) is 19.6 Å². The number of hydrogen-bond acceptors (Lipinski definition) is 5. The number of carbonyl (C=O) groups excluding carboxylic acids is 1. The first kappa shape index (κ1) is 12.8. The molecule has 17 heavy (non-hydrogen) atoms. The quantitative estimate of drug-likeness (QED) is 0.316. The Morgan fingerprint density at radius 2 is 2.47 bits per heavy atom. The maximum absolute atomic E-state index is 11.8. The summed E-state index contributed by atoms with van der Waals surface area (Å²) < 4.78 is 1.16. The molecule has 0 aromatic carbocycles. The molecule has 7 heteroatoms. The number of rotatable bonds is 4. The highest BCUT2D eigenvalue weighted by molar-refractivity contribution is 5.75. The molecule has 0 fully saturated rings. The molecule has 0 saturated heterocycles. The summed E-state index contributed by atoms with van der Waals surface area (Å²) >= 11 is 0. The zero-order chi connectivity index (χ0) is 12.8. The van der Waals surface area contributed by atoms with Gasteiger partial charge in [0, 0.05) is 6.21 Å². The Bertz CT molecular complexity index is 518. The molecule has 1 aromatic heterocycles. The van der Waals surface area contributed by atoms with Gasteiger partial charge in [-0.05, 0) is 6.92 Å². The Hall–Kier alpha value is -2.28. The van der Waals surface area contributed by atoms with Crippen molar-refractivity contribution in [1.82, 2.24) is 15.0 Å². The topological polar surface area (TPSA) is 102 Å². The Kier molecular flexibility index (Phi) is 4.29. The first-order chi connectivity index (χ1) is 8.10. The van der Waals surface area contributed by atoms with Crippen LogP contribution in [0.2, 0.25) is 0 Å². The van der Waals surface area contributed by atoms with Crippen molar-refractivity contribution < 1.29 is 4.79 Å². The fourth-order valence-corrected chi connectivity index (χ4v) is 1.15. The van der Waals surface area contributed by atoms with Crippen molar-refractivity contribution >= 4 is 17.9 Å². The van der Waals surface area contributed by atoms with Gasteiger partial charge in [0.2, 0.25) is 0 Å². The number of nitrogens with one attached hydrogen (secondary N) is 1. The van der Waals surface area contributed by atoms with Crippen molar-refractivity contribution in [2.45, 2.75) is 13.5 Å². The molecule has 3 N–H and O–H groups in total. The van der Waals surface area contributed by atoms with E-state index in [1.165, 1.54) is 18.6 Å². The second-order valence-electron chi connectivity index (χ2n) is 3.21. The molecule has 90 valence electrons. The van der Waals surface area contributed by atoms with Crippen LogP contribution in [0.4, 0.5) is 5.82 Å². The van der Waals surface area contributed by atoms with Gasteiger partial charge in [-0.1, -0.05) is 12.7 Å². The average molecular weight is 235 g/mol. The van der Waals surface area contributed by atoms with Gasteiger partial charge in [0.05, 0.1) is 5.56 Å². The number of amides is 1. The largest absolute Gasteiger partial charge is 0.293 e. The zero-order valence-electron chi connectivity index (χ0n) is 9.38. The van der Waals surface area contributed by atoms with E-state index in [9.17, 15) is 9.59 Å². The maximum Gasteiger partial charge on any atom is 0.258 e. The third kappa shape index (κ3) is 3.08. The number of nitrogens with two attached hydrogens (primary N) is 1. The van der Waals surface area contributed by atoms with Gasteiger partial charge in [-0.25, -0.2) is 15.8 Å². The molecule has 7 nitrogen and oxygen atoms in total. The van der Waals surface area contributed by atoms with E-state index in [1.54, 1.807) is 6.92 Å². The van der Waals surface area contributed by atoms with Gasteiger partial charge < -0.3 is 0 Å². The van der Waals surface area contributed by atoms with Crippen LogP contribution in [0.3, 0.4) is 0 Å². The third-order valence-electron chi connectivity index (χ3n) is 2.01.